The fourth-order valence-corrected chi connectivity index (χ4v) is 2.48. The minimum absolute atomic E-state index is 0.131. The highest BCUT2D eigenvalue weighted by Crippen LogP contribution is 2.24. The number of amides is 1. The third kappa shape index (κ3) is 3.60. The first-order chi connectivity index (χ1) is 11.1. The van der Waals surface area contributed by atoms with Crippen LogP contribution in [0.2, 0.25) is 0 Å². The van der Waals surface area contributed by atoms with Gasteiger partial charge in [0.05, 0.1) is 25.5 Å². The Balaban J connectivity index is 1.83. The zero-order chi connectivity index (χ0) is 16.2. The van der Waals surface area contributed by atoms with Gasteiger partial charge in [0, 0.05) is 17.7 Å². The number of nitrogens with one attached hydrogen (secondary N) is 1. The molecule has 0 saturated carbocycles. The van der Waals surface area contributed by atoms with Crippen molar-refractivity contribution in [2.45, 2.75) is 26.0 Å². The molecule has 1 N–H and O–H groups in total. The molecule has 1 aromatic carbocycles. The van der Waals surface area contributed by atoms with Gasteiger partial charge in [-0.1, -0.05) is 30.3 Å². The summed E-state index contributed by atoms with van der Waals surface area (Å²) in [7, 11) is 0. The van der Waals surface area contributed by atoms with Gasteiger partial charge in [-0.2, -0.15) is 5.10 Å². The van der Waals surface area contributed by atoms with Crippen LogP contribution in [0.15, 0.2) is 36.4 Å². The number of benzene rings is 1. The first kappa shape index (κ1) is 15.7. The van der Waals surface area contributed by atoms with Crippen LogP contribution in [0.5, 0.6) is 0 Å². The third-order valence-corrected chi connectivity index (χ3v) is 3.65. The number of carbonyl (C=O) groups excluding carboxylic acids is 1. The van der Waals surface area contributed by atoms with Crippen LogP contribution in [0.1, 0.15) is 19.9 Å². The van der Waals surface area contributed by atoms with Gasteiger partial charge in [0.15, 0.2) is 6.10 Å². The van der Waals surface area contributed by atoms with Crippen LogP contribution in [0.4, 0.5) is 5.82 Å². The molecule has 1 amide bonds. The number of hydrogen-bond donors (Lipinski definition) is 1. The average Bonchev–Trinajstić information content (AvgIpc) is 3.00. The Bertz CT molecular complexity index is 661. The van der Waals surface area contributed by atoms with Gasteiger partial charge < -0.3 is 14.8 Å². The Morgan fingerprint density at radius 1 is 1.30 bits per heavy atom. The van der Waals surface area contributed by atoms with Crippen molar-refractivity contribution in [2.75, 3.05) is 25.1 Å². The number of anilines is 1. The van der Waals surface area contributed by atoms with Crippen molar-refractivity contribution in [3.8, 4) is 11.3 Å². The van der Waals surface area contributed by atoms with Crippen molar-refractivity contribution < 1.29 is 14.3 Å². The van der Waals surface area contributed by atoms with Crippen molar-refractivity contribution >= 4 is 11.7 Å². The normalized spacial score (nSPS) is 18.1. The van der Waals surface area contributed by atoms with Crippen molar-refractivity contribution in [3.63, 3.8) is 0 Å². The molecule has 23 heavy (non-hydrogen) atoms. The highest BCUT2D eigenvalue weighted by Gasteiger charge is 2.24. The molecule has 1 atom stereocenters. The van der Waals surface area contributed by atoms with Crippen LogP contribution in [-0.2, 0) is 14.3 Å². The summed E-state index contributed by atoms with van der Waals surface area (Å²) in [5, 5.41) is 7.52. The second kappa shape index (κ2) is 6.93. The molecule has 0 spiro atoms. The Kier molecular flexibility index (Phi) is 4.73. The van der Waals surface area contributed by atoms with E-state index in [2.05, 4.69) is 10.4 Å². The van der Waals surface area contributed by atoms with Gasteiger partial charge in [-0.15, -0.1) is 0 Å². The van der Waals surface area contributed by atoms with Gasteiger partial charge in [-0.3, -0.25) is 4.79 Å². The lowest BCUT2D eigenvalue weighted by Crippen LogP contribution is -2.39. The van der Waals surface area contributed by atoms with E-state index in [9.17, 15) is 4.79 Å². The molecule has 1 aliphatic rings. The van der Waals surface area contributed by atoms with E-state index in [1.807, 2.05) is 54.9 Å². The van der Waals surface area contributed by atoms with Gasteiger partial charge >= 0.3 is 0 Å². The zero-order valence-corrected chi connectivity index (χ0v) is 13.4. The van der Waals surface area contributed by atoms with Crippen molar-refractivity contribution in [3.05, 3.63) is 36.4 Å². The van der Waals surface area contributed by atoms with Crippen LogP contribution in [0.3, 0.4) is 0 Å². The van der Waals surface area contributed by atoms with Gasteiger partial charge in [-0.25, -0.2) is 4.68 Å². The molecule has 1 aliphatic heterocycles. The molecule has 2 heterocycles. The van der Waals surface area contributed by atoms with Crippen LogP contribution in [0.25, 0.3) is 11.3 Å². The number of nitrogens with zero attached hydrogens (tertiary/aromatic N) is 2. The first-order valence-corrected chi connectivity index (χ1v) is 7.80. The number of hydrogen-bond acceptors (Lipinski definition) is 4. The monoisotopic (exact) mass is 315 g/mol. The lowest BCUT2D eigenvalue weighted by Gasteiger charge is -2.22. The minimum Gasteiger partial charge on any atom is -0.376 e. The lowest BCUT2D eigenvalue weighted by molar-refractivity contribution is -0.142. The molecular formula is C17H21N3O3. The maximum Gasteiger partial charge on any atom is 0.257 e. The standard InChI is InChI=1S/C17H21N3O3/c1-12(2)20-16(18-17(21)15-11-22-8-9-23-15)10-14(19-20)13-6-4-3-5-7-13/h3-7,10,12,15H,8-9,11H2,1-2H3,(H,18,21). The Morgan fingerprint density at radius 3 is 2.74 bits per heavy atom. The predicted molar refractivity (Wildman–Crippen MR) is 87.2 cm³/mol. The van der Waals surface area contributed by atoms with E-state index < -0.39 is 6.10 Å². The smallest absolute Gasteiger partial charge is 0.257 e. The predicted octanol–water partition coefficient (Wildman–Crippen LogP) is 2.48. The van der Waals surface area contributed by atoms with E-state index in [1.165, 1.54) is 0 Å². The topological polar surface area (TPSA) is 65.4 Å². The van der Waals surface area contributed by atoms with Gasteiger partial charge in [0.25, 0.3) is 5.91 Å². The molecule has 3 rings (SSSR count). The van der Waals surface area contributed by atoms with E-state index >= 15 is 0 Å². The summed E-state index contributed by atoms with van der Waals surface area (Å²) in [6.07, 6.45) is -0.570. The SMILES string of the molecule is CC(C)n1nc(-c2ccccc2)cc1NC(=O)C1COCCO1. The second-order valence-electron chi connectivity index (χ2n) is 5.74. The number of aromatic nitrogens is 2. The second-order valence-corrected chi connectivity index (χ2v) is 5.74. The van der Waals surface area contributed by atoms with Crippen molar-refractivity contribution in [1.29, 1.82) is 0 Å². The molecule has 1 fully saturated rings. The maximum absolute atomic E-state index is 12.3. The maximum atomic E-state index is 12.3. The summed E-state index contributed by atoms with van der Waals surface area (Å²) in [5.41, 5.74) is 1.84. The molecule has 0 radical (unpaired) electrons. The molecule has 2 aromatic rings. The lowest BCUT2D eigenvalue weighted by atomic mass is 10.1. The van der Waals surface area contributed by atoms with Gasteiger partial charge in [-0.05, 0) is 13.8 Å². The fourth-order valence-electron chi connectivity index (χ4n) is 2.48. The van der Waals surface area contributed by atoms with Crippen molar-refractivity contribution in [2.24, 2.45) is 0 Å². The summed E-state index contributed by atoms with van der Waals surface area (Å²) >= 11 is 0. The summed E-state index contributed by atoms with van der Waals surface area (Å²) in [6.45, 7) is 5.31. The zero-order valence-electron chi connectivity index (χ0n) is 13.4. The third-order valence-electron chi connectivity index (χ3n) is 3.65. The molecule has 0 aliphatic carbocycles. The Morgan fingerprint density at radius 2 is 2.09 bits per heavy atom. The van der Waals surface area contributed by atoms with Gasteiger partial charge in [0.1, 0.15) is 5.82 Å². The quantitative estimate of drug-likeness (QED) is 0.941. The van der Waals surface area contributed by atoms with Crippen LogP contribution < -0.4 is 5.32 Å². The molecule has 1 unspecified atom stereocenters. The summed E-state index contributed by atoms with van der Waals surface area (Å²) in [4.78, 5) is 12.3. The van der Waals surface area contributed by atoms with E-state index in [0.717, 1.165) is 11.3 Å². The molecule has 6 nitrogen and oxygen atoms in total. The fraction of sp³-hybridized carbons (Fsp3) is 0.412. The highest BCUT2D eigenvalue weighted by molar-refractivity contribution is 5.94. The van der Waals surface area contributed by atoms with E-state index in [1.54, 1.807) is 0 Å². The van der Waals surface area contributed by atoms with E-state index in [0.29, 0.717) is 19.0 Å². The number of carbonyl (C=O) groups is 1. The largest absolute Gasteiger partial charge is 0.376 e. The minimum atomic E-state index is -0.570. The van der Waals surface area contributed by atoms with Crippen LogP contribution in [-0.4, -0.2) is 41.6 Å². The number of ether oxygens (including phenoxy) is 2. The average molecular weight is 315 g/mol. The summed E-state index contributed by atoms with van der Waals surface area (Å²) in [6, 6.07) is 11.9. The molecule has 6 heteroatoms. The summed E-state index contributed by atoms with van der Waals surface area (Å²) in [5.74, 6) is 0.462. The van der Waals surface area contributed by atoms with Gasteiger partial charge in [0.2, 0.25) is 0 Å². The first-order valence-electron chi connectivity index (χ1n) is 7.80. The molecule has 1 saturated heterocycles. The Labute approximate surface area is 135 Å². The molecule has 1 aromatic heterocycles. The summed E-state index contributed by atoms with van der Waals surface area (Å²) < 4.78 is 12.5. The molecule has 0 bridgehead atoms. The Hall–Kier alpha value is -2.18. The van der Waals surface area contributed by atoms with E-state index in [-0.39, 0.29) is 18.6 Å². The number of rotatable bonds is 4. The van der Waals surface area contributed by atoms with Crippen molar-refractivity contribution in [1.82, 2.24) is 9.78 Å². The molecule has 122 valence electrons. The van der Waals surface area contributed by atoms with E-state index in [4.69, 9.17) is 9.47 Å². The van der Waals surface area contributed by atoms with Crippen LogP contribution in [0, 0.1) is 0 Å². The highest BCUT2D eigenvalue weighted by atomic mass is 16.6. The molecular weight excluding hydrogens is 294 g/mol. The van der Waals surface area contributed by atoms with Crippen LogP contribution >= 0.6 is 0 Å².